The summed E-state index contributed by atoms with van der Waals surface area (Å²) in [6, 6.07) is 4.00. The Balaban J connectivity index is 2.95. The van der Waals surface area contributed by atoms with Crippen LogP contribution in [0.5, 0.6) is 0 Å². The molecule has 0 saturated heterocycles. The molecule has 98 valence electrons. The molecule has 1 aromatic rings. The predicted octanol–water partition coefficient (Wildman–Crippen LogP) is 2.14. The van der Waals surface area contributed by atoms with E-state index in [-0.39, 0.29) is 11.7 Å². The van der Waals surface area contributed by atoms with Crippen LogP contribution >= 0.6 is 22.6 Å². The van der Waals surface area contributed by atoms with Gasteiger partial charge in [0.25, 0.3) is 0 Å². The third-order valence-electron chi connectivity index (χ3n) is 2.50. The summed E-state index contributed by atoms with van der Waals surface area (Å²) in [5, 5.41) is 14.0. The van der Waals surface area contributed by atoms with Crippen LogP contribution in [0.3, 0.4) is 0 Å². The lowest BCUT2D eigenvalue weighted by Crippen LogP contribution is -2.42. The van der Waals surface area contributed by atoms with E-state index in [4.69, 9.17) is 10.9 Å². The first-order valence-electron chi connectivity index (χ1n) is 5.03. The Labute approximate surface area is 117 Å². The average Bonchev–Trinajstić information content (AvgIpc) is 2.31. The summed E-state index contributed by atoms with van der Waals surface area (Å²) in [6.07, 6.45) is 0. The highest BCUT2D eigenvalue weighted by Gasteiger charge is 2.33. The first-order chi connectivity index (χ1) is 8.28. The molecule has 0 aromatic heterocycles. The van der Waals surface area contributed by atoms with E-state index in [0.29, 0.717) is 9.26 Å². The molecule has 0 atom stereocenters. The third kappa shape index (κ3) is 3.09. The van der Waals surface area contributed by atoms with E-state index in [2.05, 4.69) is 10.5 Å². The number of anilines is 1. The molecule has 0 aliphatic rings. The van der Waals surface area contributed by atoms with Crippen molar-refractivity contribution in [3.05, 3.63) is 27.6 Å². The highest BCUT2D eigenvalue weighted by Crippen LogP contribution is 2.23. The molecule has 0 aliphatic heterocycles. The third-order valence-corrected chi connectivity index (χ3v) is 3.39. The number of carbonyl (C=O) groups is 1. The van der Waals surface area contributed by atoms with Crippen LogP contribution in [0.25, 0.3) is 0 Å². The van der Waals surface area contributed by atoms with Crippen LogP contribution in [-0.4, -0.2) is 17.0 Å². The number of oxime groups is 1. The zero-order valence-corrected chi connectivity index (χ0v) is 12.0. The van der Waals surface area contributed by atoms with Crippen molar-refractivity contribution >= 4 is 40.0 Å². The Morgan fingerprint density at radius 1 is 1.56 bits per heavy atom. The smallest absolute Gasteiger partial charge is 0.237 e. The number of nitrogens with two attached hydrogens (primary N) is 1. The normalized spacial score (nSPS) is 12.3. The lowest BCUT2D eigenvalue weighted by molar-refractivity contribution is -0.121. The summed E-state index contributed by atoms with van der Waals surface area (Å²) in [6.45, 7) is 3.04. The molecule has 0 heterocycles. The van der Waals surface area contributed by atoms with E-state index in [0.717, 1.165) is 0 Å². The van der Waals surface area contributed by atoms with Crippen LogP contribution in [0.15, 0.2) is 23.4 Å². The fourth-order valence-corrected chi connectivity index (χ4v) is 1.72. The number of benzene rings is 1. The molecule has 0 radical (unpaired) electrons. The Kier molecular flexibility index (Phi) is 4.49. The van der Waals surface area contributed by atoms with Crippen molar-refractivity contribution in [2.24, 2.45) is 16.3 Å². The molecule has 1 aromatic carbocycles. The molecule has 7 heteroatoms. The highest BCUT2D eigenvalue weighted by atomic mass is 127. The first kappa shape index (κ1) is 14.7. The summed E-state index contributed by atoms with van der Waals surface area (Å²) in [5.74, 6) is -1.02. The van der Waals surface area contributed by atoms with E-state index in [1.54, 1.807) is 0 Å². The topological polar surface area (TPSA) is 87.7 Å². The number of nitrogens with one attached hydrogen (secondary N) is 1. The SMILES string of the molecule is CC(C)(C(=O)Nc1ccc(F)cc1I)C(N)=NO. The fraction of sp³-hybridized carbons (Fsp3) is 0.273. The van der Waals surface area contributed by atoms with Crippen molar-refractivity contribution in [1.82, 2.24) is 0 Å². The second-order valence-corrected chi connectivity index (χ2v) is 5.35. The van der Waals surface area contributed by atoms with Crippen molar-refractivity contribution in [1.29, 1.82) is 0 Å². The fourth-order valence-electron chi connectivity index (χ4n) is 1.11. The zero-order chi connectivity index (χ0) is 13.9. The van der Waals surface area contributed by atoms with Gasteiger partial charge in [0.2, 0.25) is 5.91 Å². The molecule has 0 fully saturated rings. The van der Waals surface area contributed by atoms with Crippen LogP contribution < -0.4 is 11.1 Å². The molecule has 18 heavy (non-hydrogen) atoms. The van der Waals surface area contributed by atoms with E-state index >= 15 is 0 Å². The van der Waals surface area contributed by atoms with E-state index in [1.807, 2.05) is 22.6 Å². The Morgan fingerprint density at radius 3 is 2.67 bits per heavy atom. The van der Waals surface area contributed by atoms with Gasteiger partial charge in [-0.2, -0.15) is 0 Å². The first-order valence-corrected chi connectivity index (χ1v) is 6.11. The van der Waals surface area contributed by atoms with Crippen molar-refractivity contribution < 1.29 is 14.4 Å². The van der Waals surface area contributed by atoms with Gasteiger partial charge in [0, 0.05) is 3.57 Å². The van der Waals surface area contributed by atoms with Crippen LogP contribution in [0.1, 0.15) is 13.8 Å². The van der Waals surface area contributed by atoms with Gasteiger partial charge in [-0.3, -0.25) is 4.79 Å². The number of hydrogen-bond acceptors (Lipinski definition) is 3. The maximum absolute atomic E-state index is 12.9. The van der Waals surface area contributed by atoms with Gasteiger partial charge in [-0.25, -0.2) is 4.39 Å². The molecule has 5 nitrogen and oxygen atoms in total. The maximum Gasteiger partial charge on any atom is 0.237 e. The number of carbonyl (C=O) groups excluding carboxylic acids is 1. The molecule has 0 unspecified atom stereocenters. The van der Waals surface area contributed by atoms with E-state index < -0.39 is 11.3 Å². The minimum absolute atomic E-state index is 0.197. The lowest BCUT2D eigenvalue weighted by atomic mass is 9.91. The van der Waals surface area contributed by atoms with Gasteiger partial charge in [0.05, 0.1) is 5.69 Å². The zero-order valence-electron chi connectivity index (χ0n) is 9.87. The number of amidine groups is 1. The van der Waals surface area contributed by atoms with Crippen LogP contribution in [0.4, 0.5) is 10.1 Å². The van der Waals surface area contributed by atoms with Crippen LogP contribution in [0.2, 0.25) is 0 Å². The van der Waals surface area contributed by atoms with Crippen LogP contribution in [0, 0.1) is 14.8 Å². The summed E-state index contributed by atoms with van der Waals surface area (Å²) >= 11 is 1.91. The number of hydrogen-bond donors (Lipinski definition) is 3. The second-order valence-electron chi connectivity index (χ2n) is 4.19. The van der Waals surface area contributed by atoms with Crippen molar-refractivity contribution in [3.8, 4) is 0 Å². The number of rotatable bonds is 3. The Hall–Kier alpha value is -1.38. The van der Waals surface area contributed by atoms with Crippen molar-refractivity contribution in [2.75, 3.05) is 5.32 Å². The minimum Gasteiger partial charge on any atom is -0.409 e. The lowest BCUT2D eigenvalue weighted by Gasteiger charge is -2.22. The number of nitrogens with zero attached hydrogens (tertiary/aromatic N) is 1. The Bertz CT molecular complexity index is 503. The van der Waals surface area contributed by atoms with Gasteiger partial charge in [0.1, 0.15) is 11.2 Å². The van der Waals surface area contributed by atoms with Gasteiger partial charge in [-0.15, -0.1) is 0 Å². The molecule has 4 N–H and O–H groups in total. The van der Waals surface area contributed by atoms with E-state index in [1.165, 1.54) is 32.0 Å². The maximum atomic E-state index is 12.9. The summed E-state index contributed by atoms with van der Waals surface area (Å²) in [4.78, 5) is 12.0. The molecular formula is C11H13FIN3O2. The summed E-state index contributed by atoms with van der Waals surface area (Å²) in [7, 11) is 0. The van der Waals surface area contributed by atoms with Crippen LogP contribution in [-0.2, 0) is 4.79 Å². The molecule has 1 amide bonds. The molecule has 0 saturated carbocycles. The van der Waals surface area contributed by atoms with E-state index in [9.17, 15) is 9.18 Å². The number of amides is 1. The molecule has 0 bridgehead atoms. The quantitative estimate of drug-likeness (QED) is 0.252. The molecule has 0 aliphatic carbocycles. The predicted molar refractivity (Wildman–Crippen MR) is 74.9 cm³/mol. The van der Waals surface area contributed by atoms with Gasteiger partial charge >= 0.3 is 0 Å². The van der Waals surface area contributed by atoms with Gasteiger partial charge in [0.15, 0.2) is 5.84 Å². The summed E-state index contributed by atoms with van der Waals surface area (Å²) < 4.78 is 13.5. The summed E-state index contributed by atoms with van der Waals surface area (Å²) in [5.41, 5.74) is 4.76. The average molecular weight is 365 g/mol. The van der Waals surface area contributed by atoms with Gasteiger partial charge in [-0.1, -0.05) is 5.16 Å². The molecule has 0 spiro atoms. The van der Waals surface area contributed by atoms with Crippen molar-refractivity contribution in [2.45, 2.75) is 13.8 Å². The van der Waals surface area contributed by atoms with Crippen molar-refractivity contribution in [3.63, 3.8) is 0 Å². The van der Waals surface area contributed by atoms with Gasteiger partial charge in [-0.05, 0) is 54.6 Å². The Morgan fingerprint density at radius 2 is 2.17 bits per heavy atom. The highest BCUT2D eigenvalue weighted by molar-refractivity contribution is 14.1. The monoisotopic (exact) mass is 365 g/mol. The second kappa shape index (κ2) is 5.51. The largest absolute Gasteiger partial charge is 0.409 e. The molecule has 1 rings (SSSR count). The van der Waals surface area contributed by atoms with Gasteiger partial charge < -0.3 is 16.3 Å². The molecular weight excluding hydrogens is 352 g/mol. The minimum atomic E-state index is -1.16. The number of halogens is 2. The standard InChI is InChI=1S/C11H13FIN3O2/c1-11(2,9(14)16-18)10(17)15-8-4-3-6(12)5-7(8)13/h3-5,18H,1-2H3,(H2,14,16)(H,15,17).